The fraction of sp³-hybridized carbons (Fsp3) is 0.486. The zero-order valence-electron chi connectivity index (χ0n) is 26.9. The molecule has 0 radical (unpaired) electrons. The van der Waals surface area contributed by atoms with Gasteiger partial charge in [-0.15, -0.1) is 11.3 Å². The molecule has 4 aliphatic rings. The number of nitrogens with zero attached hydrogens (tertiary/aromatic N) is 3. The number of thiophene rings is 1. The number of carboxylic acid groups (broad SMARTS) is 1. The summed E-state index contributed by atoms with van der Waals surface area (Å²) in [6.07, 6.45) is 6.34. The number of amides is 3. The van der Waals surface area contributed by atoms with Crippen LogP contribution in [-0.4, -0.2) is 93.4 Å². The first-order valence-corrected chi connectivity index (χ1v) is 17.7. The van der Waals surface area contributed by atoms with E-state index in [1.807, 2.05) is 53.9 Å². The van der Waals surface area contributed by atoms with Crippen LogP contribution in [0.3, 0.4) is 0 Å². The van der Waals surface area contributed by atoms with Crippen LogP contribution in [0.2, 0.25) is 0 Å². The predicted octanol–water partition coefficient (Wildman–Crippen LogP) is 4.07. The number of carbonyl (C=O) groups is 4. The molecule has 49 heavy (non-hydrogen) atoms. The first kappa shape index (κ1) is 33.0. The third kappa shape index (κ3) is 7.11. The molecule has 1 aliphatic carbocycles. The molecule has 3 N–H and O–H groups in total. The average molecular weight is 690 g/mol. The van der Waals surface area contributed by atoms with Crippen molar-refractivity contribution in [3.63, 3.8) is 0 Å². The number of aromatic nitrogens is 2. The number of para-hydroxylation sites is 2. The lowest BCUT2D eigenvalue weighted by Crippen LogP contribution is -2.56. The Kier molecular flexibility index (Phi) is 9.50. The molecule has 1 saturated carbocycles. The van der Waals surface area contributed by atoms with E-state index in [1.165, 1.54) is 16.2 Å². The van der Waals surface area contributed by atoms with Gasteiger partial charge in [-0.1, -0.05) is 43.2 Å². The molecular formula is C35H39N5O8S. The van der Waals surface area contributed by atoms with Crippen molar-refractivity contribution >= 4 is 46.2 Å². The lowest BCUT2D eigenvalue weighted by atomic mass is 10.0. The molecule has 0 bridgehead atoms. The van der Waals surface area contributed by atoms with Gasteiger partial charge in [0.15, 0.2) is 0 Å². The van der Waals surface area contributed by atoms with Crippen molar-refractivity contribution in [3.8, 4) is 16.5 Å². The Balaban J connectivity index is 1.19. The van der Waals surface area contributed by atoms with Crippen LogP contribution in [0.25, 0.3) is 21.6 Å². The van der Waals surface area contributed by atoms with Gasteiger partial charge in [-0.3, -0.25) is 9.59 Å². The van der Waals surface area contributed by atoms with Gasteiger partial charge in [0, 0.05) is 18.8 Å². The van der Waals surface area contributed by atoms with Crippen LogP contribution < -0.4 is 15.4 Å². The lowest BCUT2D eigenvalue weighted by Gasteiger charge is -2.29. The molecule has 13 nitrogen and oxygen atoms in total. The summed E-state index contributed by atoms with van der Waals surface area (Å²) in [4.78, 5) is 65.7. The maximum absolute atomic E-state index is 14.4. The third-order valence-corrected chi connectivity index (χ3v) is 10.5. The largest absolute Gasteiger partial charge is 0.479 e. The predicted molar refractivity (Wildman–Crippen MR) is 179 cm³/mol. The number of ether oxygens (including phenoxy) is 3. The minimum atomic E-state index is -1.44. The molecule has 258 valence electrons. The second-order valence-corrected chi connectivity index (χ2v) is 14.0. The number of nitrogens with one attached hydrogen (secondary N) is 2. The molecule has 6 atom stereocenters. The van der Waals surface area contributed by atoms with Crippen LogP contribution >= 0.6 is 11.3 Å². The topological polar surface area (TPSA) is 169 Å². The Morgan fingerprint density at radius 1 is 1.06 bits per heavy atom. The minimum absolute atomic E-state index is 0.0163. The molecule has 5 heterocycles. The number of hydrogen-bond donors (Lipinski definition) is 3. The van der Waals surface area contributed by atoms with Crippen LogP contribution in [0.1, 0.15) is 51.4 Å². The Morgan fingerprint density at radius 2 is 1.90 bits per heavy atom. The summed E-state index contributed by atoms with van der Waals surface area (Å²) in [5.74, 6) is -2.23. The molecule has 3 unspecified atom stereocenters. The van der Waals surface area contributed by atoms with Gasteiger partial charge in [-0.25, -0.2) is 19.6 Å². The Labute approximate surface area is 287 Å². The fourth-order valence-corrected chi connectivity index (χ4v) is 7.58. The van der Waals surface area contributed by atoms with Gasteiger partial charge in [0.2, 0.25) is 17.7 Å². The van der Waals surface area contributed by atoms with E-state index in [4.69, 9.17) is 24.2 Å². The molecular weight excluding hydrogens is 650 g/mol. The standard InChI is InChI=1S/C35H39N5O8S/c41-30-27-17-23(47-31-29(28-13-8-16-49-28)36-24-10-6-7-11-25(24)37-31)19-40(27)32(42)26(38-34(45)48-22-14-15-46-20-22)12-5-3-1-2-4-9-21-18-35(21,39-30)33(43)44/h4,6-11,13,16,21-23,26-27H,1-3,5,12,14-15,17-20H2,(H,38,45)(H,39,41)(H,43,44)/b9-4-/t21?,22-,23-,26+,27?,35?/m1/s1. The number of aliphatic carboxylic acids is 1. The maximum atomic E-state index is 14.4. The van der Waals surface area contributed by atoms with Gasteiger partial charge in [0.1, 0.15) is 35.5 Å². The monoisotopic (exact) mass is 689 g/mol. The Morgan fingerprint density at radius 3 is 2.65 bits per heavy atom. The van der Waals surface area contributed by atoms with Crippen LogP contribution in [0.5, 0.6) is 5.88 Å². The van der Waals surface area contributed by atoms with E-state index in [2.05, 4.69) is 10.6 Å². The van der Waals surface area contributed by atoms with E-state index in [0.29, 0.717) is 49.2 Å². The highest BCUT2D eigenvalue weighted by molar-refractivity contribution is 7.13. The Hall–Kier alpha value is -4.56. The number of allylic oxidation sites excluding steroid dienone is 1. The van der Waals surface area contributed by atoms with E-state index in [1.54, 1.807) is 0 Å². The SMILES string of the molecule is O=C(N[C@H]1CCCCC/C=C\C2CC2(C(=O)O)NC(=O)C2C[C@@H](Oc3nc4ccccc4nc3-c3cccs3)CN2C1=O)O[C@@H]1CCOC1. The van der Waals surface area contributed by atoms with Crippen molar-refractivity contribution in [2.45, 2.75) is 81.2 Å². The summed E-state index contributed by atoms with van der Waals surface area (Å²) in [7, 11) is 0. The number of carbonyl (C=O) groups excluding carboxylic acids is 3. The van der Waals surface area contributed by atoms with Crippen LogP contribution in [0, 0.1) is 5.92 Å². The number of hydrogen-bond acceptors (Lipinski definition) is 10. The summed E-state index contributed by atoms with van der Waals surface area (Å²) < 4.78 is 17.3. The van der Waals surface area contributed by atoms with Gasteiger partial charge >= 0.3 is 12.1 Å². The van der Waals surface area contributed by atoms with Crippen molar-refractivity contribution < 1.29 is 38.5 Å². The van der Waals surface area contributed by atoms with E-state index in [-0.39, 0.29) is 31.2 Å². The summed E-state index contributed by atoms with van der Waals surface area (Å²) >= 11 is 1.49. The highest BCUT2D eigenvalue weighted by atomic mass is 32.1. The molecule has 3 aromatic rings. The molecule has 3 aliphatic heterocycles. The number of carboxylic acids is 1. The second-order valence-electron chi connectivity index (χ2n) is 13.1. The number of rotatable bonds is 6. The Bertz CT molecular complexity index is 1740. The van der Waals surface area contributed by atoms with E-state index < -0.39 is 53.7 Å². The van der Waals surface area contributed by atoms with E-state index >= 15 is 0 Å². The van der Waals surface area contributed by atoms with Crippen molar-refractivity contribution in [2.75, 3.05) is 19.8 Å². The van der Waals surface area contributed by atoms with Crippen LogP contribution in [0.15, 0.2) is 53.9 Å². The summed E-state index contributed by atoms with van der Waals surface area (Å²) in [6.45, 7) is 0.808. The quantitative estimate of drug-likeness (QED) is 0.321. The molecule has 3 amide bonds. The van der Waals surface area contributed by atoms with Gasteiger partial charge in [-0.05, 0) is 49.3 Å². The first-order chi connectivity index (χ1) is 23.8. The summed E-state index contributed by atoms with van der Waals surface area (Å²) in [5.41, 5.74) is 0.433. The molecule has 0 spiro atoms. The molecule has 2 saturated heterocycles. The highest BCUT2D eigenvalue weighted by Crippen LogP contribution is 2.45. The molecule has 14 heteroatoms. The van der Waals surface area contributed by atoms with Crippen molar-refractivity contribution in [3.05, 3.63) is 53.9 Å². The van der Waals surface area contributed by atoms with Crippen LogP contribution in [0.4, 0.5) is 4.79 Å². The maximum Gasteiger partial charge on any atom is 0.408 e. The zero-order chi connectivity index (χ0) is 34.0. The minimum Gasteiger partial charge on any atom is -0.479 e. The van der Waals surface area contributed by atoms with Crippen molar-refractivity contribution in [1.82, 2.24) is 25.5 Å². The van der Waals surface area contributed by atoms with Crippen LogP contribution in [-0.2, 0) is 23.9 Å². The lowest BCUT2D eigenvalue weighted by molar-refractivity contribution is -0.145. The van der Waals surface area contributed by atoms with E-state index in [0.717, 1.165) is 24.1 Å². The normalized spacial score (nSPS) is 29.6. The summed E-state index contributed by atoms with van der Waals surface area (Å²) in [5, 5.41) is 17.7. The molecule has 1 aromatic carbocycles. The van der Waals surface area contributed by atoms with E-state index in [9.17, 15) is 24.3 Å². The first-order valence-electron chi connectivity index (χ1n) is 16.9. The second kappa shape index (κ2) is 14.1. The molecule has 2 aromatic heterocycles. The smallest absolute Gasteiger partial charge is 0.408 e. The molecule has 3 fully saturated rings. The van der Waals surface area contributed by atoms with Gasteiger partial charge in [-0.2, -0.15) is 0 Å². The van der Waals surface area contributed by atoms with Crippen molar-refractivity contribution in [2.24, 2.45) is 5.92 Å². The fourth-order valence-electron chi connectivity index (χ4n) is 6.88. The van der Waals surface area contributed by atoms with Gasteiger partial charge in [0.05, 0.1) is 35.7 Å². The van der Waals surface area contributed by atoms with Crippen molar-refractivity contribution in [1.29, 1.82) is 0 Å². The highest BCUT2D eigenvalue weighted by Gasteiger charge is 2.61. The average Bonchev–Trinajstić information content (AvgIpc) is 3.58. The van der Waals surface area contributed by atoms with Gasteiger partial charge in [0.25, 0.3) is 0 Å². The molecule has 7 rings (SSSR count). The third-order valence-electron chi connectivity index (χ3n) is 9.65. The summed E-state index contributed by atoms with van der Waals surface area (Å²) in [6, 6.07) is 9.26. The number of fused-ring (bicyclic) bond motifs is 3. The number of benzene rings is 1. The number of alkyl carbamates (subject to hydrolysis) is 1. The zero-order valence-corrected chi connectivity index (χ0v) is 27.7. The van der Waals surface area contributed by atoms with Gasteiger partial charge < -0.3 is 34.9 Å².